The van der Waals surface area contributed by atoms with Gasteiger partial charge >= 0.3 is 5.97 Å². The van der Waals surface area contributed by atoms with Gasteiger partial charge in [0, 0.05) is 26.6 Å². The average molecular weight is 314 g/mol. The lowest BCUT2D eigenvalue weighted by molar-refractivity contribution is -0.140. The Hall–Kier alpha value is -1.48. The van der Waals surface area contributed by atoms with Crippen molar-refractivity contribution < 1.29 is 23.4 Å². The van der Waals surface area contributed by atoms with Crippen molar-refractivity contribution in [2.75, 3.05) is 13.6 Å². The quantitative estimate of drug-likeness (QED) is 0.790. The standard InChI is InChI=1S/C13H18N2O5S/c1-14(8-10-5-3-2-4-6-10)21(19,20)15-9-11(16)7-12(15)13(17)18/h2-6,11-12,16H,7-9H2,1H3,(H,17,18)/t11-,12-/m0/s1. The van der Waals surface area contributed by atoms with E-state index in [0.29, 0.717) is 0 Å². The maximum absolute atomic E-state index is 12.5. The number of aliphatic hydroxyl groups is 1. The van der Waals surface area contributed by atoms with Crippen molar-refractivity contribution in [3.05, 3.63) is 35.9 Å². The molecule has 0 aliphatic carbocycles. The highest BCUT2D eigenvalue weighted by molar-refractivity contribution is 7.86. The van der Waals surface area contributed by atoms with Gasteiger partial charge in [0.05, 0.1) is 6.10 Å². The molecular formula is C13H18N2O5S. The molecule has 7 nitrogen and oxygen atoms in total. The molecule has 1 fully saturated rings. The van der Waals surface area contributed by atoms with E-state index < -0.39 is 28.3 Å². The average Bonchev–Trinajstić information content (AvgIpc) is 2.83. The van der Waals surface area contributed by atoms with Crippen molar-refractivity contribution in [2.45, 2.75) is 25.1 Å². The molecule has 2 atom stereocenters. The Balaban J connectivity index is 2.18. The van der Waals surface area contributed by atoms with Crippen LogP contribution in [0.25, 0.3) is 0 Å². The molecule has 0 radical (unpaired) electrons. The second kappa shape index (κ2) is 6.10. The Morgan fingerprint density at radius 2 is 2.00 bits per heavy atom. The van der Waals surface area contributed by atoms with Crippen molar-refractivity contribution in [2.24, 2.45) is 0 Å². The summed E-state index contributed by atoms with van der Waals surface area (Å²) in [6.07, 6.45) is -1.04. The lowest BCUT2D eigenvalue weighted by Gasteiger charge is -2.26. The second-order valence-corrected chi connectivity index (χ2v) is 7.05. The molecule has 8 heteroatoms. The fraction of sp³-hybridized carbons (Fsp3) is 0.462. The van der Waals surface area contributed by atoms with Crippen LogP contribution in [0, 0.1) is 0 Å². The van der Waals surface area contributed by atoms with Gasteiger partial charge in [0.1, 0.15) is 6.04 Å². The van der Waals surface area contributed by atoms with Gasteiger partial charge in [-0.15, -0.1) is 0 Å². The predicted octanol–water partition coefficient (Wildman–Crippen LogP) is -0.117. The van der Waals surface area contributed by atoms with Crippen LogP contribution in [0.4, 0.5) is 0 Å². The van der Waals surface area contributed by atoms with E-state index in [0.717, 1.165) is 14.2 Å². The number of carbonyl (C=O) groups is 1. The van der Waals surface area contributed by atoms with Crippen LogP contribution in [0.3, 0.4) is 0 Å². The minimum absolute atomic E-state index is 0.0895. The van der Waals surface area contributed by atoms with Crippen LogP contribution in [0.5, 0.6) is 0 Å². The van der Waals surface area contributed by atoms with Gasteiger partial charge in [-0.2, -0.15) is 17.0 Å². The molecule has 1 aromatic carbocycles. The summed E-state index contributed by atoms with van der Waals surface area (Å²) >= 11 is 0. The SMILES string of the molecule is CN(Cc1ccccc1)S(=O)(=O)N1C[C@@H](O)C[C@H]1C(=O)O. The van der Waals surface area contributed by atoms with E-state index in [1.807, 2.05) is 6.07 Å². The Morgan fingerprint density at radius 1 is 1.38 bits per heavy atom. The summed E-state index contributed by atoms with van der Waals surface area (Å²) < 4.78 is 26.9. The Labute approximate surface area is 123 Å². The monoisotopic (exact) mass is 314 g/mol. The van der Waals surface area contributed by atoms with Crippen LogP contribution in [-0.2, 0) is 21.5 Å². The first-order valence-electron chi connectivity index (χ1n) is 6.50. The van der Waals surface area contributed by atoms with Gasteiger partial charge in [-0.1, -0.05) is 30.3 Å². The number of aliphatic carboxylic acids is 1. The van der Waals surface area contributed by atoms with Gasteiger partial charge in [0.15, 0.2) is 0 Å². The van der Waals surface area contributed by atoms with E-state index >= 15 is 0 Å². The Kier molecular flexibility index (Phi) is 4.62. The Morgan fingerprint density at radius 3 is 2.57 bits per heavy atom. The topological polar surface area (TPSA) is 98.2 Å². The summed E-state index contributed by atoms with van der Waals surface area (Å²) in [6, 6.07) is 7.79. The van der Waals surface area contributed by atoms with Crippen LogP contribution < -0.4 is 0 Å². The van der Waals surface area contributed by atoms with Crippen LogP contribution in [0.1, 0.15) is 12.0 Å². The van der Waals surface area contributed by atoms with E-state index in [1.165, 1.54) is 7.05 Å². The number of aliphatic hydroxyl groups excluding tert-OH is 1. The molecule has 0 unspecified atom stereocenters. The zero-order valence-corrected chi connectivity index (χ0v) is 12.4. The smallest absolute Gasteiger partial charge is 0.322 e. The number of rotatable bonds is 5. The number of carboxylic acid groups (broad SMARTS) is 1. The van der Waals surface area contributed by atoms with Crippen LogP contribution in [0.2, 0.25) is 0 Å². The number of hydrogen-bond donors (Lipinski definition) is 2. The molecule has 0 aromatic heterocycles. The molecule has 1 aliphatic rings. The highest BCUT2D eigenvalue weighted by Crippen LogP contribution is 2.24. The number of hydrogen-bond acceptors (Lipinski definition) is 4. The number of carboxylic acids is 1. The highest BCUT2D eigenvalue weighted by atomic mass is 32.2. The molecule has 21 heavy (non-hydrogen) atoms. The highest BCUT2D eigenvalue weighted by Gasteiger charge is 2.44. The molecule has 116 valence electrons. The van der Waals surface area contributed by atoms with Crippen molar-refractivity contribution in [1.29, 1.82) is 0 Å². The minimum atomic E-state index is -3.94. The van der Waals surface area contributed by atoms with Gasteiger partial charge in [0.2, 0.25) is 0 Å². The van der Waals surface area contributed by atoms with Gasteiger partial charge in [-0.25, -0.2) is 0 Å². The lowest BCUT2D eigenvalue weighted by Crippen LogP contribution is -2.47. The molecular weight excluding hydrogens is 296 g/mol. The largest absolute Gasteiger partial charge is 0.480 e. The third kappa shape index (κ3) is 3.41. The molecule has 1 aliphatic heterocycles. The summed E-state index contributed by atoms with van der Waals surface area (Å²) in [6.45, 7) is -0.0550. The molecule has 0 bridgehead atoms. The molecule has 2 N–H and O–H groups in total. The van der Waals surface area contributed by atoms with Crippen LogP contribution in [-0.4, -0.2) is 58.9 Å². The summed E-state index contributed by atoms with van der Waals surface area (Å²) in [4.78, 5) is 11.1. The second-order valence-electron chi connectivity index (χ2n) is 5.06. The lowest BCUT2D eigenvalue weighted by atomic mass is 10.2. The van der Waals surface area contributed by atoms with Crippen molar-refractivity contribution >= 4 is 16.2 Å². The van der Waals surface area contributed by atoms with Gasteiger partial charge in [-0.3, -0.25) is 4.79 Å². The summed E-state index contributed by atoms with van der Waals surface area (Å²) in [5.74, 6) is -1.25. The zero-order chi connectivity index (χ0) is 15.6. The van der Waals surface area contributed by atoms with Crippen molar-refractivity contribution in [1.82, 2.24) is 8.61 Å². The fourth-order valence-electron chi connectivity index (χ4n) is 2.36. The number of benzene rings is 1. The van der Waals surface area contributed by atoms with E-state index in [4.69, 9.17) is 5.11 Å². The first-order valence-corrected chi connectivity index (χ1v) is 7.90. The molecule has 0 spiro atoms. The maximum atomic E-state index is 12.5. The molecule has 2 rings (SSSR count). The van der Waals surface area contributed by atoms with Gasteiger partial charge in [0.25, 0.3) is 10.2 Å². The molecule has 1 heterocycles. The third-order valence-electron chi connectivity index (χ3n) is 3.46. The Bertz CT molecular complexity index is 604. The number of β-amino-alcohol motifs (C(OH)–C–C–N with tert-alkyl or cyclic N) is 1. The van der Waals surface area contributed by atoms with Gasteiger partial charge < -0.3 is 10.2 Å². The van der Waals surface area contributed by atoms with Crippen molar-refractivity contribution in [3.63, 3.8) is 0 Å². The molecule has 0 amide bonds. The summed E-state index contributed by atoms with van der Waals surface area (Å²) in [5, 5.41) is 18.7. The molecule has 1 aromatic rings. The molecule has 1 saturated heterocycles. The van der Waals surface area contributed by atoms with E-state index in [-0.39, 0.29) is 19.5 Å². The van der Waals surface area contributed by atoms with Gasteiger partial charge in [-0.05, 0) is 5.56 Å². The summed E-state index contributed by atoms with van der Waals surface area (Å²) in [5.41, 5.74) is 0.801. The molecule has 0 saturated carbocycles. The first kappa shape index (κ1) is 15.9. The maximum Gasteiger partial charge on any atom is 0.322 e. The first-order chi connectivity index (χ1) is 9.82. The fourth-order valence-corrected chi connectivity index (χ4v) is 3.89. The zero-order valence-electron chi connectivity index (χ0n) is 11.6. The third-order valence-corrected chi connectivity index (χ3v) is 5.37. The normalized spacial score (nSPS) is 23.6. The van der Waals surface area contributed by atoms with Crippen LogP contribution in [0.15, 0.2) is 30.3 Å². The van der Waals surface area contributed by atoms with E-state index in [9.17, 15) is 18.3 Å². The number of nitrogens with zero attached hydrogens (tertiary/aromatic N) is 2. The minimum Gasteiger partial charge on any atom is -0.480 e. The van der Waals surface area contributed by atoms with Crippen LogP contribution >= 0.6 is 0 Å². The van der Waals surface area contributed by atoms with Crippen molar-refractivity contribution in [3.8, 4) is 0 Å². The summed E-state index contributed by atoms with van der Waals surface area (Å²) in [7, 11) is -2.54. The van der Waals surface area contributed by atoms with E-state index in [1.54, 1.807) is 24.3 Å². The predicted molar refractivity (Wildman–Crippen MR) is 75.6 cm³/mol. The van der Waals surface area contributed by atoms with E-state index in [2.05, 4.69) is 0 Å².